The third kappa shape index (κ3) is 1.53. The Morgan fingerprint density at radius 1 is 1.67 bits per heavy atom. The van der Waals surface area contributed by atoms with E-state index >= 15 is 0 Å². The molecule has 1 rings (SSSR count). The summed E-state index contributed by atoms with van der Waals surface area (Å²) in [6.45, 7) is 7.48. The minimum absolute atomic E-state index is 0.833. The van der Waals surface area contributed by atoms with Gasteiger partial charge in [-0.25, -0.2) is 0 Å². The van der Waals surface area contributed by atoms with Crippen LogP contribution in [0.15, 0.2) is 37.6 Å². The van der Waals surface area contributed by atoms with Gasteiger partial charge in [-0.05, 0) is 17.7 Å². The molecule has 12 heavy (non-hydrogen) atoms. The molecule has 0 aliphatic heterocycles. The van der Waals surface area contributed by atoms with Crippen molar-refractivity contribution in [2.75, 3.05) is 12.4 Å². The van der Waals surface area contributed by atoms with Crippen molar-refractivity contribution in [1.82, 2.24) is 4.98 Å². The van der Waals surface area contributed by atoms with Crippen LogP contribution in [0.3, 0.4) is 0 Å². The van der Waals surface area contributed by atoms with E-state index in [1.165, 1.54) is 0 Å². The molecule has 2 heteroatoms. The van der Waals surface area contributed by atoms with E-state index in [1.54, 1.807) is 12.3 Å². The number of nitrogens with zero attached hydrogens (tertiary/aromatic N) is 1. The molecule has 0 aliphatic rings. The van der Waals surface area contributed by atoms with Crippen molar-refractivity contribution in [3.05, 3.63) is 43.3 Å². The Balaban J connectivity index is 3.13. The summed E-state index contributed by atoms with van der Waals surface area (Å²) in [4.78, 5) is 4.19. The summed E-state index contributed by atoms with van der Waals surface area (Å²) in [6, 6.07) is 3.84. The highest BCUT2D eigenvalue weighted by atomic mass is 14.9. The molecule has 0 fully saturated rings. The van der Waals surface area contributed by atoms with Gasteiger partial charge in [0.25, 0.3) is 0 Å². The van der Waals surface area contributed by atoms with Gasteiger partial charge in [0.1, 0.15) is 0 Å². The van der Waals surface area contributed by atoms with Crippen LogP contribution in [0.25, 0.3) is 5.57 Å². The van der Waals surface area contributed by atoms with Crippen molar-refractivity contribution in [2.24, 2.45) is 0 Å². The summed E-state index contributed by atoms with van der Waals surface area (Å²) >= 11 is 0. The second-order valence-electron chi connectivity index (χ2n) is 2.38. The molecule has 2 nitrogen and oxygen atoms in total. The first kappa shape index (κ1) is 8.53. The third-order valence-electron chi connectivity index (χ3n) is 1.63. The Morgan fingerprint density at radius 3 is 3.00 bits per heavy atom. The average Bonchev–Trinajstić information content (AvgIpc) is 2.16. The second-order valence-corrected chi connectivity index (χ2v) is 2.38. The van der Waals surface area contributed by atoms with Crippen LogP contribution in [0.1, 0.15) is 5.69 Å². The third-order valence-corrected chi connectivity index (χ3v) is 1.63. The van der Waals surface area contributed by atoms with Gasteiger partial charge in [0.05, 0.1) is 11.4 Å². The largest absolute Gasteiger partial charge is 0.386 e. The van der Waals surface area contributed by atoms with Crippen LogP contribution in [-0.2, 0) is 0 Å². The number of rotatable bonds is 3. The van der Waals surface area contributed by atoms with Gasteiger partial charge in [0.15, 0.2) is 0 Å². The van der Waals surface area contributed by atoms with Crippen LogP contribution in [0.2, 0.25) is 0 Å². The molecule has 1 aromatic heterocycles. The molecule has 0 radical (unpaired) electrons. The number of aromatic nitrogens is 1. The van der Waals surface area contributed by atoms with Crippen molar-refractivity contribution < 1.29 is 0 Å². The maximum atomic E-state index is 4.19. The molecule has 62 valence electrons. The Hall–Kier alpha value is -1.57. The van der Waals surface area contributed by atoms with Gasteiger partial charge in [0, 0.05) is 13.2 Å². The number of nitrogens with one attached hydrogen (secondary N) is 1. The fraction of sp³-hybridized carbons (Fsp3) is 0.100. The highest BCUT2D eigenvalue weighted by Gasteiger charge is 2.01. The number of pyridine rings is 1. The van der Waals surface area contributed by atoms with Gasteiger partial charge in [0.2, 0.25) is 0 Å². The Bertz CT molecular complexity index is 302. The van der Waals surface area contributed by atoms with E-state index in [0.717, 1.165) is 17.0 Å². The van der Waals surface area contributed by atoms with Crippen molar-refractivity contribution in [2.45, 2.75) is 0 Å². The van der Waals surface area contributed by atoms with Crippen LogP contribution in [0, 0.1) is 0 Å². The molecular formula is C10H12N2. The Morgan fingerprint density at radius 2 is 2.42 bits per heavy atom. The minimum atomic E-state index is 0.833. The van der Waals surface area contributed by atoms with E-state index in [0.29, 0.717) is 0 Å². The maximum absolute atomic E-state index is 4.19. The van der Waals surface area contributed by atoms with E-state index in [1.807, 2.05) is 19.2 Å². The highest BCUT2D eigenvalue weighted by molar-refractivity contribution is 5.77. The van der Waals surface area contributed by atoms with Gasteiger partial charge < -0.3 is 5.32 Å². The van der Waals surface area contributed by atoms with Gasteiger partial charge >= 0.3 is 0 Å². The summed E-state index contributed by atoms with van der Waals surface area (Å²) < 4.78 is 0. The average molecular weight is 160 g/mol. The lowest BCUT2D eigenvalue weighted by molar-refractivity contribution is 1.27. The standard InChI is InChI=1S/C10H12N2/c1-4-8(2)10-9(11-3)6-5-7-12-10/h4-7,11H,1-2H2,3H3. The fourth-order valence-electron chi connectivity index (χ4n) is 0.960. The summed E-state index contributed by atoms with van der Waals surface area (Å²) in [6.07, 6.45) is 3.44. The van der Waals surface area contributed by atoms with Gasteiger partial charge in [-0.3, -0.25) is 4.98 Å². The zero-order chi connectivity index (χ0) is 8.97. The SMILES string of the molecule is C=CC(=C)c1ncccc1NC. The first-order valence-corrected chi connectivity index (χ1v) is 3.74. The molecule has 0 amide bonds. The predicted octanol–water partition coefficient (Wildman–Crippen LogP) is 2.32. The maximum Gasteiger partial charge on any atom is 0.0926 e. The summed E-state index contributed by atoms with van der Waals surface area (Å²) in [5.41, 5.74) is 2.66. The number of anilines is 1. The number of allylic oxidation sites excluding steroid dienone is 2. The molecule has 1 aromatic rings. The van der Waals surface area contributed by atoms with E-state index in [2.05, 4.69) is 23.5 Å². The lowest BCUT2D eigenvalue weighted by Crippen LogP contribution is -1.95. The molecule has 0 aliphatic carbocycles. The van der Waals surface area contributed by atoms with Crippen LogP contribution in [-0.4, -0.2) is 12.0 Å². The smallest absolute Gasteiger partial charge is 0.0926 e. The molecule has 0 atom stereocenters. The molecule has 0 bridgehead atoms. The molecule has 0 aromatic carbocycles. The Kier molecular flexibility index (Phi) is 2.64. The Labute approximate surface area is 72.6 Å². The molecule has 1 N–H and O–H groups in total. The quantitative estimate of drug-likeness (QED) is 0.686. The predicted molar refractivity (Wildman–Crippen MR) is 53.0 cm³/mol. The number of hydrogen-bond donors (Lipinski definition) is 1. The summed E-state index contributed by atoms with van der Waals surface area (Å²) in [7, 11) is 1.86. The lowest BCUT2D eigenvalue weighted by Gasteiger charge is -2.06. The molecule has 0 unspecified atom stereocenters. The summed E-state index contributed by atoms with van der Waals surface area (Å²) in [5.74, 6) is 0. The fourth-order valence-corrected chi connectivity index (χ4v) is 0.960. The van der Waals surface area contributed by atoms with Crippen molar-refractivity contribution in [3.63, 3.8) is 0 Å². The first-order chi connectivity index (χ1) is 5.79. The van der Waals surface area contributed by atoms with Gasteiger partial charge in [-0.15, -0.1) is 0 Å². The van der Waals surface area contributed by atoms with Crippen molar-refractivity contribution in [1.29, 1.82) is 0 Å². The topological polar surface area (TPSA) is 24.9 Å². The van der Waals surface area contributed by atoms with E-state index in [9.17, 15) is 0 Å². The van der Waals surface area contributed by atoms with Crippen LogP contribution < -0.4 is 5.32 Å². The molecule has 1 heterocycles. The minimum Gasteiger partial charge on any atom is -0.386 e. The zero-order valence-electron chi connectivity index (χ0n) is 7.17. The molecule has 0 saturated heterocycles. The van der Waals surface area contributed by atoms with Crippen molar-refractivity contribution in [3.8, 4) is 0 Å². The molecule has 0 spiro atoms. The van der Waals surface area contributed by atoms with Crippen molar-refractivity contribution >= 4 is 11.3 Å². The monoisotopic (exact) mass is 160 g/mol. The molecular weight excluding hydrogens is 148 g/mol. The molecule has 0 saturated carbocycles. The van der Waals surface area contributed by atoms with Crippen LogP contribution in [0.5, 0.6) is 0 Å². The highest BCUT2D eigenvalue weighted by Crippen LogP contribution is 2.19. The van der Waals surface area contributed by atoms with E-state index in [4.69, 9.17) is 0 Å². The zero-order valence-corrected chi connectivity index (χ0v) is 7.17. The van der Waals surface area contributed by atoms with Gasteiger partial charge in [-0.1, -0.05) is 19.2 Å². The lowest BCUT2D eigenvalue weighted by atomic mass is 10.1. The van der Waals surface area contributed by atoms with E-state index in [-0.39, 0.29) is 0 Å². The normalized spacial score (nSPS) is 9.08. The summed E-state index contributed by atoms with van der Waals surface area (Å²) in [5, 5.41) is 3.04. The first-order valence-electron chi connectivity index (χ1n) is 3.74. The second kappa shape index (κ2) is 3.72. The van der Waals surface area contributed by atoms with E-state index < -0.39 is 0 Å². The van der Waals surface area contributed by atoms with Crippen LogP contribution in [0.4, 0.5) is 5.69 Å². The van der Waals surface area contributed by atoms with Gasteiger partial charge in [-0.2, -0.15) is 0 Å². The number of hydrogen-bond acceptors (Lipinski definition) is 2. The van der Waals surface area contributed by atoms with Crippen LogP contribution >= 0.6 is 0 Å².